The summed E-state index contributed by atoms with van der Waals surface area (Å²) in [5.41, 5.74) is 3.05. The van der Waals surface area contributed by atoms with Crippen LogP contribution >= 0.6 is 0 Å². The zero-order chi connectivity index (χ0) is 27.1. The molecule has 200 valence electrons. The maximum atomic E-state index is 13.5. The van der Waals surface area contributed by atoms with Crippen LogP contribution in [0.15, 0.2) is 60.7 Å². The quantitative estimate of drug-likeness (QED) is 0.426. The SMILES string of the molecule is CCOc1ccc(NC(=O)N2CCc3cc(OC)c(OC)cc3C2CNC(=O)c2cccc(OC)c2)cc1. The Labute approximate surface area is 222 Å². The van der Waals surface area contributed by atoms with Gasteiger partial charge in [0, 0.05) is 24.3 Å². The normalized spacial score (nSPS) is 14.2. The van der Waals surface area contributed by atoms with Gasteiger partial charge in [0.05, 0.1) is 34.0 Å². The fourth-order valence-electron chi connectivity index (χ4n) is 4.54. The van der Waals surface area contributed by atoms with E-state index in [9.17, 15) is 9.59 Å². The van der Waals surface area contributed by atoms with E-state index in [4.69, 9.17) is 18.9 Å². The lowest BCUT2D eigenvalue weighted by atomic mass is 9.91. The number of urea groups is 1. The van der Waals surface area contributed by atoms with Crippen molar-refractivity contribution >= 4 is 17.6 Å². The van der Waals surface area contributed by atoms with Crippen LogP contribution in [0.4, 0.5) is 10.5 Å². The summed E-state index contributed by atoms with van der Waals surface area (Å²) in [5, 5.41) is 5.97. The predicted octanol–water partition coefficient (Wildman–Crippen LogP) is 4.67. The molecule has 0 spiro atoms. The summed E-state index contributed by atoms with van der Waals surface area (Å²) in [6, 6.07) is 17.3. The molecule has 9 heteroatoms. The topological polar surface area (TPSA) is 98.4 Å². The molecule has 1 atom stereocenters. The number of rotatable bonds is 9. The third kappa shape index (κ3) is 5.94. The van der Waals surface area contributed by atoms with E-state index < -0.39 is 6.04 Å². The first-order chi connectivity index (χ1) is 18.5. The van der Waals surface area contributed by atoms with Crippen molar-refractivity contribution in [2.75, 3.05) is 46.3 Å². The molecule has 1 heterocycles. The second kappa shape index (κ2) is 12.2. The van der Waals surface area contributed by atoms with Crippen LogP contribution in [0, 0.1) is 0 Å². The summed E-state index contributed by atoms with van der Waals surface area (Å²) in [5.74, 6) is 2.25. The third-order valence-electron chi connectivity index (χ3n) is 6.47. The smallest absolute Gasteiger partial charge is 0.322 e. The zero-order valence-electron chi connectivity index (χ0n) is 22.1. The van der Waals surface area contributed by atoms with Gasteiger partial charge in [-0.25, -0.2) is 4.79 Å². The highest BCUT2D eigenvalue weighted by Gasteiger charge is 2.33. The summed E-state index contributed by atoms with van der Waals surface area (Å²) < 4.78 is 21.8. The number of hydrogen-bond acceptors (Lipinski definition) is 6. The second-order valence-corrected chi connectivity index (χ2v) is 8.69. The van der Waals surface area contributed by atoms with Crippen LogP contribution < -0.4 is 29.6 Å². The molecule has 3 aromatic carbocycles. The van der Waals surface area contributed by atoms with Gasteiger partial charge in [-0.2, -0.15) is 0 Å². The number of benzene rings is 3. The Morgan fingerprint density at radius 2 is 1.66 bits per heavy atom. The van der Waals surface area contributed by atoms with E-state index in [1.807, 2.05) is 31.2 Å². The number of nitrogens with zero attached hydrogens (tertiary/aromatic N) is 1. The average Bonchev–Trinajstić information content (AvgIpc) is 2.95. The van der Waals surface area contributed by atoms with E-state index >= 15 is 0 Å². The monoisotopic (exact) mass is 519 g/mol. The minimum Gasteiger partial charge on any atom is -0.497 e. The Bertz CT molecular complexity index is 1280. The number of hydrogen-bond donors (Lipinski definition) is 2. The molecule has 1 unspecified atom stereocenters. The number of fused-ring (bicyclic) bond motifs is 1. The van der Waals surface area contributed by atoms with E-state index in [1.54, 1.807) is 62.6 Å². The molecule has 0 fully saturated rings. The Morgan fingerprint density at radius 3 is 2.34 bits per heavy atom. The van der Waals surface area contributed by atoms with Gasteiger partial charge >= 0.3 is 6.03 Å². The molecule has 2 N–H and O–H groups in total. The number of methoxy groups -OCH3 is 3. The Morgan fingerprint density at radius 1 is 0.921 bits per heavy atom. The van der Waals surface area contributed by atoms with Gasteiger partial charge in [0.15, 0.2) is 11.5 Å². The molecule has 0 aromatic heterocycles. The molecule has 0 saturated heterocycles. The second-order valence-electron chi connectivity index (χ2n) is 8.69. The van der Waals surface area contributed by atoms with Gasteiger partial charge < -0.3 is 34.5 Å². The van der Waals surface area contributed by atoms with Gasteiger partial charge in [-0.05, 0) is 79.1 Å². The fourth-order valence-corrected chi connectivity index (χ4v) is 4.54. The van der Waals surface area contributed by atoms with Crippen molar-refractivity contribution in [3.8, 4) is 23.0 Å². The van der Waals surface area contributed by atoms with Gasteiger partial charge in [0.1, 0.15) is 11.5 Å². The Kier molecular flexibility index (Phi) is 8.58. The highest BCUT2D eigenvalue weighted by molar-refractivity contribution is 5.95. The van der Waals surface area contributed by atoms with Crippen LogP contribution in [-0.4, -0.2) is 57.9 Å². The van der Waals surface area contributed by atoms with Gasteiger partial charge in [-0.15, -0.1) is 0 Å². The molecule has 0 saturated carbocycles. The summed E-state index contributed by atoms with van der Waals surface area (Å²) >= 11 is 0. The summed E-state index contributed by atoms with van der Waals surface area (Å²) in [6.07, 6.45) is 0.632. The number of ether oxygens (including phenoxy) is 4. The van der Waals surface area contributed by atoms with Gasteiger partial charge in [0.2, 0.25) is 0 Å². The predicted molar refractivity (Wildman–Crippen MR) is 145 cm³/mol. The summed E-state index contributed by atoms with van der Waals surface area (Å²) in [7, 11) is 4.72. The van der Waals surface area contributed by atoms with Crippen LogP contribution in [0.2, 0.25) is 0 Å². The van der Waals surface area contributed by atoms with Crippen molar-refractivity contribution in [1.82, 2.24) is 10.2 Å². The minimum atomic E-state index is -0.434. The first-order valence-electron chi connectivity index (χ1n) is 12.4. The molecule has 0 bridgehead atoms. The summed E-state index contributed by atoms with van der Waals surface area (Å²) in [4.78, 5) is 28.2. The molecule has 0 aliphatic carbocycles. The fraction of sp³-hybridized carbons (Fsp3) is 0.310. The van der Waals surface area contributed by atoms with Crippen LogP contribution in [0.3, 0.4) is 0 Å². The van der Waals surface area contributed by atoms with Crippen LogP contribution in [0.5, 0.6) is 23.0 Å². The average molecular weight is 520 g/mol. The van der Waals surface area contributed by atoms with Crippen LogP contribution in [0.1, 0.15) is 34.5 Å². The number of amides is 3. The van der Waals surface area contributed by atoms with Crippen LogP contribution in [-0.2, 0) is 6.42 Å². The Hall–Kier alpha value is -4.40. The lowest BCUT2D eigenvalue weighted by molar-refractivity contribution is 0.0936. The van der Waals surface area contributed by atoms with Crippen molar-refractivity contribution in [3.05, 3.63) is 77.4 Å². The Balaban J connectivity index is 1.59. The molecule has 3 aromatic rings. The number of carbonyl (C=O) groups is 2. The first kappa shape index (κ1) is 26.7. The molecule has 1 aliphatic rings. The van der Waals surface area contributed by atoms with Crippen molar-refractivity contribution in [2.24, 2.45) is 0 Å². The van der Waals surface area contributed by atoms with Crippen molar-refractivity contribution in [3.63, 3.8) is 0 Å². The van der Waals surface area contributed by atoms with E-state index in [-0.39, 0.29) is 18.5 Å². The lowest BCUT2D eigenvalue weighted by Crippen LogP contribution is -2.46. The molecule has 1 aliphatic heterocycles. The van der Waals surface area contributed by atoms with Crippen molar-refractivity contribution in [1.29, 1.82) is 0 Å². The molecular formula is C29H33N3O6. The van der Waals surface area contributed by atoms with Gasteiger partial charge in [-0.3, -0.25) is 4.79 Å². The molecule has 38 heavy (non-hydrogen) atoms. The van der Waals surface area contributed by atoms with E-state index in [0.29, 0.717) is 48.1 Å². The lowest BCUT2D eigenvalue weighted by Gasteiger charge is -2.38. The maximum absolute atomic E-state index is 13.5. The minimum absolute atomic E-state index is 0.204. The van der Waals surface area contributed by atoms with E-state index in [2.05, 4.69) is 10.6 Å². The molecule has 0 radical (unpaired) electrons. The summed E-state index contributed by atoms with van der Waals surface area (Å²) in [6.45, 7) is 3.15. The number of nitrogens with one attached hydrogen (secondary N) is 2. The zero-order valence-corrected chi connectivity index (χ0v) is 22.1. The molecule has 9 nitrogen and oxygen atoms in total. The van der Waals surface area contributed by atoms with Crippen LogP contribution in [0.25, 0.3) is 0 Å². The highest BCUT2D eigenvalue weighted by atomic mass is 16.5. The molecule has 4 rings (SSSR count). The van der Waals surface area contributed by atoms with E-state index in [0.717, 1.165) is 16.9 Å². The molecular weight excluding hydrogens is 486 g/mol. The third-order valence-corrected chi connectivity index (χ3v) is 6.47. The number of anilines is 1. The first-order valence-corrected chi connectivity index (χ1v) is 12.4. The van der Waals surface area contributed by atoms with E-state index in [1.165, 1.54) is 0 Å². The maximum Gasteiger partial charge on any atom is 0.322 e. The highest BCUT2D eigenvalue weighted by Crippen LogP contribution is 2.38. The number of carbonyl (C=O) groups excluding carboxylic acids is 2. The molecule has 3 amide bonds. The largest absolute Gasteiger partial charge is 0.497 e. The van der Waals surface area contributed by atoms with Crippen molar-refractivity contribution in [2.45, 2.75) is 19.4 Å². The van der Waals surface area contributed by atoms with Gasteiger partial charge in [-0.1, -0.05) is 6.07 Å². The van der Waals surface area contributed by atoms with Crippen molar-refractivity contribution < 1.29 is 28.5 Å². The van der Waals surface area contributed by atoms with Gasteiger partial charge in [0.25, 0.3) is 5.91 Å². The standard InChI is InChI=1S/C29H33N3O6/c1-5-38-22-11-9-21(10-12-22)31-29(34)32-14-13-19-16-26(36-3)27(37-4)17-24(19)25(32)18-30-28(33)20-7-6-8-23(15-20)35-2/h6-12,15-17,25H,5,13-14,18H2,1-4H3,(H,30,33)(H,31,34).